The van der Waals surface area contributed by atoms with E-state index in [0.29, 0.717) is 15.2 Å². The summed E-state index contributed by atoms with van der Waals surface area (Å²) < 4.78 is 0.849. The van der Waals surface area contributed by atoms with Gasteiger partial charge in [0.2, 0.25) is 11.0 Å². The lowest BCUT2D eigenvalue weighted by Crippen LogP contribution is -2.07. The summed E-state index contributed by atoms with van der Waals surface area (Å²) in [5.74, 6) is 0.701. The Morgan fingerprint density at radius 2 is 2.23 bits per heavy atom. The van der Waals surface area contributed by atoms with Gasteiger partial charge in [-0.3, -0.25) is 10.1 Å². The van der Waals surface area contributed by atoms with Gasteiger partial charge in [0, 0.05) is 21.9 Å². The van der Waals surface area contributed by atoms with Crippen LogP contribution < -0.4 is 5.32 Å². The molecule has 0 saturated carbocycles. The van der Waals surface area contributed by atoms with Crippen LogP contribution in [-0.4, -0.2) is 21.9 Å². The molecule has 0 aliphatic heterocycles. The van der Waals surface area contributed by atoms with E-state index in [1.165, 1.54) is 17.4 Å². The van der Waals surface area contributed by atoms with E-state index in [2.05, 4.69) is 22.4 Å². The quantitative estimate of drug-likeness (QED) is 0.439. The fourth-order valence-electron chi connectivity index (χ4n) is 1.46. The number of rotatable bonds is 6. The standard InChI is InChI=1S/C14H13Cl2N3OS2/c1-2-7-21-14-19-18-13(22-14)17-12(20)6-4-9-3-5-10(15)8-11(9)16/h3-6,8H,2,7H2,1H3,(H,17,18,20)/b6-4+. The zero-order valence-corrected chi connectivity index (χ0v) is 14.8. The van der Waals surface area contributed by atoms with Gasteiger partial charge < -0.3 is 0 Å². The average Bonchev–Trinajstić information content (AvgIpc) is 2.91. The molecule has 0 atom stereocenters. The Morgan fingerprint density at radius 1 is 1.41 bits per heavy atom. The lowest BCUT2D eigenvalue weighted by Gasteiger charge is -1.99. The van der Waals surface area contributed by atoms with Gasteiger partial charge in [0.15, 0.2) is 4.34 Å². The molecule has 116 valence electrons. The number of nitrogens with zero attached hydrogens (tertiary/aromatic N) is 2. The van der Waals surface area contributed by atoms with Gasteiger partial charge in [0.1, 0.15) is 0 Å². The molecular weight excluding hydrogens is 361 g/mol. The number of carbonyl (C=O) groups excluding carboxylic acids is 1. The molecule has 1 N–H and O–H groups in total. The molecule has 0 aliphatic rings. The average molecular weight is 374 g/mol. The molecule has 22 heavy (non-hydrogen) atoms. The third-order valence-electron chi connectivity index (χ3n) is 2.44. The molecule has 1 aromatic carbocycles. The number of thioether (sulfide) groups is 1. The van der Waals surface area contributed by atoms with Crippen molar-refractivity contribution in [2.75, 3.05) is 11.1 Å². The number of halogens is 2. The molecule has 0 bridgehead atoms. The van der Waals surface area contributed by atoms with E-state index in [1.807, 2.05) is 0 Å². The fraction of sp³-hybridized carbons (Fsp3) is 0.214. The smallest absolute Gasteiger partial charge is 0.250 e. The Kier molecular flexibility index (Phi) is 6.70. The number of aromatic nitrogens is 2. The second kappa shape index (κ2) is 8.53. The van der Waals surface area contributed by atoms with Gasteiger partial charge in [-0.2, -0.15) is 0 Å². The van der Waals surface area contributed by atoms with Gasteiger partial charge in [-0.15, -0.1) is 10.2 Å². The van der Waals surface area contributed by atoms with Crippen LogP contribution in [0.5, 0.6) is 0 Å². The van der Waals surface area contributed by atoms with Crippen molar-refractivity contribution in [1.29, 1.82) is 0 Å². The highest BCUT2D eigenvalue weighted by Gasteiger charge is 2.06. The molecule has 1 heterocycles. The lowest BCUT2D eigenvalue weighted by atomic mass is 10.2. The Morgan fingerprint density at radius 3 is 2.95 bits per heavy atom. The SMILES string of the molecule is CCCSc1nnc(NC(=O)/C=C/c2ccc(Cl)cc2Cl)s1. The summed E-state index contributed by atoms with van der Waals surface area (Å²) in [7, 11) is 0. The first-order chi connectivity index (χ1) is 10.6. The summed E-state index contributed by atoms with van der Waals surface area (Å²) in [5, 5.41) is 12.1. The molecule has 0 radical (unpaired) electrons. The van der Waals surface area contributed by atoms with Crippen LogP contribution in [0.25, 0.3) is 6.08 Å². The molecule has 0 spiro atoms. The minimum Gasteiger partial charge on any atom is -0.297 e. The zero-order chi connectivity index (χ0) is 15.9. The van der Waals surface area contributed by atoms with E-state index < -0.39 is 0 Å². The Balaban J connectivity index is 1.94. The van der Waals surface area contributed by atoms with Gasteiger partial charge in [0.25, 0.3) is 0 Å². The summed E-state index contributed by atoms with van der Waals surface area (Å²) in [6, 6.07) is 5.09. The van der Waals surface area contributed by atoms with Crippen molar-refractivity contribution in [2.24, 2.45) is 0 Å². The number of hydrogen-bond donors (Lipinski definition) is 1. The van der Waals surface area contributed by atoms with Crippen LogP contribution in [0.4, 0.5) is 5.13 Å². The van der Waals surface area contributed by atoms with Crippen molar-refractivity contribution in [3.63, 3.8) is 0 Å². The first-order valence-corrected chi connectivity index (χ1v) is 9.04. The van der Waals surface area contributed by atoms with Crippen LogP contribution in [0.1, 0.15) is 18.9 Å². The highest BCUT2D eigenvalue weighted by molar-refractivity contribution is 8.01. The van der Waals surface area contributed by atoms with E-state index in [-0.39, 0.29) is 5.91 Å². The number of hydrogen-bond acceptors (Lipinski definition) is 5. The highest BCUT2D eigenvalue weighted by Crippen LogP contribution is 2.26. The van der Waals surface area contributed by atoms with Crippen LogP contribution in [-0.2, 0) is 4.79 Å². The molecule has 1 aromatic heterocycles. The normalized spacial score (nSPS) is 11.0. The number of anilines is 1. The van der Waals surface area contributed by atoms with Crippen molar-refractivity contribution in [3.8, 4) is 0 Å². The largest absolute Gasteiger partial charge is 0.297 e. The van der Waals surface area contributed by atoms with Crippen molar-refractivity contribution in [2.45, 2.75) is 17.7 Å². The maximum absolute atomic E-state index is 11.9. The molecule has 0 unspecified atom stereocenters. The maximum atomic E-state index is 11.9. The third kappa shape index (κ3) is 5.28. The van der Waals surface area contributed by atoms with Gasteiger partial charge in [-0.25, -0.2) is 0 Å². The monoisotopic (exact) mass is 373 g/mol. The second-order valence-electron chi connectivity index (χ2n) is 4.21. The fourth-order valence-corrected chi connectivity index (χ4v) is 3.61. The molecule has 8 heteroatoms. The van der Waals surface area contributed by atoms with Crippen molar-refractivity contribution in [1.82, 2.24) is 10.2 Å². The molecule has 0 fully saturated rings. The molecule has 4 nitrogen and oxygen atoms in total. The van der Waals surface area contributed by atoms with E-state index in [0.717, 1.165) is 22.1 Å². The molecule has 0 saturated heterocycles. The topological polar surface area (TPSA) is 54.9 Å². The second-order valence-corrected chi connectivity index (χ2v) is 7.37. The zero-order valence-electron chi connectivity index (χ0n) is 11.7. The van der Waals surface area contributed by atoms with E-state index >= 15 is 0 Å². The van der Waals surface area contributed by atoms with Gasteiger partial charge in [0.05, 0.1) is 0 Å². The van der Waals surface area contributed by atoms with Gasteiger partial charge in [-0.1, -0.05) is 59.3 Å². The maximum Gasteiger partial charge on any atom is 0.250 e. The summed E-state index contributed by atoms with van der Waals surface area (Å²) >= 11 is 14.8. The number of amides is 1. The minimum absolute atomic E-state index is 0.283. The molecule has 2 aromatic rings. The molecule has 1 amide bonds. The van der Waals surface area contributed by atoms with Gasteiger partial charge in [-0.05, 0) is 30.2 Å². The summed E-state index contributed by atoms with van der Waals surface area (Å²) in [4.78, 5) is 11.9. The Bertz CT molecular complexity index is 688. The number of benzene rings is 1. The Hall–Kier alpha value is -1.08. The van der Waals surface area contributed by atoms with Crippen LogP contribution in [0, 0.1) is 0 Å². The predicted octanol–water partition coefficient (Wildman–Crippen LogP) is 5.00. The Labute approximate surface area is 146 Å². The number of carbonyl (C=O) groups is 1. The van der Waals surface area contributed by atoms with E-state index in [4.69, 9.17) is 23.2 Å². The first kappa shape index (κ1) is 17.3. The van der Waals surface area contributed by atoms with E-state index in [1.54, 1.807) is 36.0 Å². The van der Waals surface area contributed by atoms with Crippen molar-refractivity contribution < 1.29 is 4.79 Å². The molecular formula is C14H13Cl2N3OS2. The first-order valence-electron chi connectivity index (χ1n) is 6.49. The lowest BCUT2D eigenvalue weighted by molar-refractivity contribution is -0.111. The summed E-state index contributed by atoms with van der Waals surface area (Å²) in [5.41, 5.74) is 0.720. The van der Waals surface area contributed by atoms with Crippen LogP contribution in [0.3, 0.4) is 0 Å². The third-order valence-corrected chi connectivity index (χ3v) is 5.18. The predicted molar refractivity (Wildman–Crippen MR) is 95.0 cm³/mol. The van der Waals surface area contributed by atoms with Crippen molar-refractivity contribution >= 4 is 63.4 Å². The summed E-state index contributed by atoms with van der Waals surface area (Å²) in [6.07, 6.45) is 4.09. The summed E-state index contributed by atoms with van der Waals surface area (Å²) in [6.45, 7) is 2.10. The van der Waals surface area contributed by atoms with Crippen LogP contribution in [0.2, 0.25) is 10.0 Å². The highest BCUT2D eigenvalue weighted by atomic mass is 35.5. The van der Waals surface area contributed by atoms with Crippen molar-refractivity contribution in [3.05, 3.63) is 39.9 Å². The minimum atomic E-state index is -0.283. The van der Waals surface area contributed by atoms with Crippen LogP contribution >= 0.6 is 46.3 Å². The molecule has 0 aliphatic carbocycles. The van der Waals surface area contributed by atoms with E-state index in [9.17, 15) is 4.79 Å². The van der Waals surface area contributed by atoms with Gasteiger partial charge >= 0.3 is 0 Å². The molecule has 2 rings (SSSR count). The van der Waals surface area contributed by atoms with Crippen LogP contribution in [0.15, 0.2) is 28.6 Å². The number of nitrogens with one attached hydrogen (secondary N) is 1.